The van der Waals surface area contributed by atoms with E-state index in [2.05, 4.69) is 5.32 Å². The van der Waals surface area contributed by atoms with Crippen molar-refractivity contribution in [2.45, 2.75) is 38.0 Å². The number of ether oxygens (including phenoxy) is 1. The summed E-state index contributed by atoms with van der Waals surface area (Å²) >= 11 is 0. The highest BCUT2D eigenvalue weighted by molar-refractivity contribution is 5.91. The highest BCUT2D eigenvalue weighted by Crippen LogP contribution is 2.23. The standard InChI is InChI=1S/C16H19NO4/c1-20-13-4-3-12(8-13)17-9-10-2-5-14-11(6-10)7-15(21-14)16(18)19/h2,5-7,12-13,17H,3-4,8-9H2,1H3,(H,18,19). The van der Waals surface area contributed by atoms with Gasteiger partial charge in [0.1, 0.15) is 5.58 Å². The normalized spacial score (nSPS) is 22.0. The molecule has 2 unspecified atom stereocenters. The molecule has 0 aliphatic heterocycles. The smallest absolute Gasteiger partial charge is 0.371 e. The number of benzene rings is 1. The van der Waals surface area contributed by atoms with Gasteiger partial charge in [0.25, 0.3) is 0 Å². The van der Waals surface area contributed by atoms with Crippen LogP contribution in [0.5, 0.6) is 0 Å². The number of carbonyl (C=O) groups is 1. The third-order valence-electron chi connectivity index (χ3n) is 4.10. The molecule has 2 atom stereocenters. The molecule has 1 fully saturated rings. The first-order chi connectivity index (χ1) is 10.2. The zero-order valence-corrected chi connectivity index (χ0v) is 12.0. The van der Waals surface area contributed by atoms with Gasteiger partial charge in [-0.05, 0) is 43.0 Å². The maximum atomic E-state index is 10.9. The number of hydrogen-bond donors (Lipinski definition) is 2. The maximum Gasteiger partial charge on any atom is 0.371 e. The van der Waals surface area contributed by atoms with Crippen LogP contribution < -0.4 is 5.32 Å². The first-order valence-electron chi connectivity index (χ1n) is 7.17. The van der Waals surface area contributed by atoms with Crippen molar-refractivity contribution < 1.29 is 19.1 Å². The van der Waals surface area contributed by atoms with Crippen LogP contribution in [0.2, 0.25) is 0 Å². The Morgan fingerprint density at radius 1 is 1.43 bits per heavy atom. The lowest BCUT2D eigenvalue weighted by molar-refractivity contribution is 0.0665. The van der Waals surface area contributed by atoms with Crippen LogP contribution in [0.1, 0.15) is 35.4 Å². The van der Waals surface area contributed by atoms with E-state index in [0.717, 1.165) is 36.8 Å². The van der Waals surface area contributed by atoms with Crippen LogP contribution in [0.25, 0.3) is 11.0 Å². The molecule has 1 aliphatic rings. The summed E-state index contributed by atoms with van der Waals surface area (Å²) in [6.45, 7) is 0.768. The van der Waals surface area contributed by atoms with E-state index in [1.165, 1.54) is 0 Å². The van der Waals surface area contributed by atoms with Crippen LogP contribution in [0.15, 0.2) is 28.7 Å². The molecule has 5 nitrogen and oxygen atoms in total. The Labute approximate surface area is 122 Å². The van der Waals surface area contributed by atoms with Crippen molar-refractivity contribution in [2.24, 2.45) is 0 Å². The van der Waals surface area contributed by atoms with E-state index in [9.17, 15) is 4.79 Å². The number of furan rings is 1. The summed E-state index contributed by atoms with van der Waals surface area (Å²) < 4.78 is 10.6. The average molecular weight is 289 g/mol. The van der Waals surface area contributed by atoms with Gasteiger partial charge in [-0.1, -0.05) is 6.07 Å². The summed E-state index contributed by atoms with van der Waals surface area (Å²) in [5.74, 6) is -1.06. The molecule has 0 amide bonds. The van der Waals surface area contributed by atoms with Gasteiger partial charge in [0.2, 0.25) is 5.76 Å². The lowest BCUT2D eigenvalue weighted by atomic mass is 10.1. The molecule has 112 valence electrons. The number of hydrogen-bond acceptors (Lipinski definition) is 4. The third kappa shape index (κ3) is 3.09. The number of rotatable bonds is 5. The van der Waals surface area contributed by atoms with Crippen molar-refractivity contribution in [3.63, 3.8) is 0 Å². The molecule has 1 aromatic carbocycles. The number of nitrogens with one attached hydrogen (secondary N) is 1. The summed E-state index contributed by atoms with van der Waals surface area (Å²) in [5.41, 5.74) is 1.73. The fraction of sp³-hybridized carbons (Fsp3) is 0.438. The van der Waals surface area contributed by atoms with Gasteiger partial charge in [-0.25, -0.2) is 4.79 Å². The highest BCUT2D eigenvalue weighted by Gasteiger charge is 2.23. The fourth-order valence-corrected chi connectivity index (χ4v) is 2.91. The fourth-order valence-electron chi connectivity index (χ4n) is 2.91. The summed E-state index contributed by atoms with van der Waals surface area (Å²) in [4.78, 5) is 10.9. The largest absolute Gasteiger partial charge is 0.475 e. The van der Waals surface area contributed by atoms with Crippen LogP contribution in [0.3, 0.4) is 0 Å². The van der Waals surface area contributed by atoms with Crippen LogP contribution in [0, 0.1) is 0 Å². The second-order valence-corrected chi connectivity index (χ2v) is 5.54. The van der Waals surface area contributed by atoms with E-state index in [0.29, 0.717) is 17.7 Å². The van der Waals surface area contributed by atoms with Crippen LogP contribution in [-0.4, -0.2) is 30.3 Å². The highest BCUT2D eigenvalue weighted by atomic mass is 16.5. The quantitative estimate of drug-likeness (QED) is 0.885. The molecule has 1 saturated carbocycles. The van der Waals surface area contributed by atoms with Crippen molar-refractivity contribution in [3.05, 3.63) is 35.6 Å². The Morgan fingerprint density at radius 2 is 2.29 bits per heavy atom. The number of aromatic carboxylic acids is 1. The molecule has 3 rings (SSSR count). The molecule has 1 heterocycles. The van der Waals surface area contributed by atoms with Crippen LogP contribution in [0.4, 0.5) is 0 Å². The minimum atomic E-state index is -1.04. The van der Waals surface area contributed by atoms with E-state index in [1.807, 2.05) is 18.2 Å². The molecule has 1 aliphatic carbocycles. The molecule has 2 N–H and O–H groups in total. The molecule has 0 bridgehead atoms. The van der Waals surface area contributed by atoms with Gasteiger partial charge in [-0.3, -0.25) is 0 Å². The SMILES string of the molecule is COC1CCC(NCc2ccc3oc(C(=O)O)cc3c2)C1. The van der Waals surface area contributed by atoms with Gasteiger partial charge in [-0.2, -0.15) is 0 Å². The lowest BCUT2D eigenvalue weighted by Crippen LogP contribution is -2.26. The van der Waals surface area contributed by atoms with Crippen molar-refractivity contribution in [2.75, 3.05) is 7.11 Å². The third-order valence-corrected chi connectivity index (χ3v) is 4.10. The lowest BCUT2D eigenvalue weighted by Gasteiger charge is -2.12. The van der Waals surface area contributed by atoms with Crippen molar-refractivity contribution in [3.8, 4) is 0 Å². The first-order valence-corrected chi connectivity index (χ1v) is 7.17. The second-order valence-electron chi connectivity index (χ2n) is 5.54. The molecule has 1 aromatic heterocycles. The van der Waals surface area contributed by atoms with E-state index < -0.39 is 5.97 Å². The van der Waals surface area contributed by atoms with Gasteiger partial charge in [-0.15, -0.1) is 0 Å². The summed E-state index contributed by atoms with van der Waals surface area (Å²) in [6, 6.07) is 7.82. The van der Waals surface area contributed by atoms with Crippen molar-refractivity contribution in [1.29, 1.82) is 0 Å². The zero-order valence-electron chi connectivity index (χ0n) is 12.0. The predicted octanol–water partition coefficient (Wildman–Crippen LogP) is 2.79. The monoisotopic (exact) mass is 289 g/mol. The second kappa shape index (κ2) is 5.87. The summed E-state index contributed by atoms with van der Waals surface area (Å²) in [7, 11) is 1.76. The van der Waals surface area contributed by atoms with Crippen molar-refractivity contribution in [1.82, 2.24) is 5.32 Å². The molecule has 5 heteroatoms. The van der Waals surface area contributed by atoms with E-state index >= 15 is 0 Å². The Kier molecular flexibility index (Phi) is 3.94. The number of fused-ring (bicyclic) bond motifs is 1. The van der Waals surface area contributed by atoms with E-state index in [4.69, 9.17) is 14.3 Å². The number of carboxylic acid groups (broad SMARTS) is 1. The minimum Gasteiger partial charge on any atom is -0.475 e. The first kappa shape index (κ1) is 14.1. The van der Waals surface area contributed by atoms with Gasteiger partial charge in [0, 0.05) is 25.1 Å². The zero-order chi connectivity index (χ0) is 14.8. The summed E-state index contributed by atoms with van der Waals surface area (Å²) in [6.07, 6.45) is 3.66. The Balaban J connectivity index is 1.66. The number of carboxylic acids is 1. The van der Waals surface area contributed by atoms with Crippen LogP contribution >= 0.6 is 0 Å². The predicted molar refractivity (Wildman–Crippen MR) is 78.4 cm³/mol. The van der Waals surface area contributed by atoms with Crippen molar-refractivity contribution >= 4 is 16.9 Å². The molecule has 0 saturated heterocycles. The van der Waals surface area contributed by atoms with E-state index in [1.54, 1.807) is 13.2 Å². The van der Waals surface area contributed by atoms with Gasteiger partial charge in [0.05, 0.1) is 6.10 Å². The van der Waals surface area contributed by atoms with Gasteiger partial charge < -0.3 is 19.6 Å². The molecular formula is C16H19NO4. The number of methoxy groups -OCH3 is 1. The van der Waals surface area contributed by atoms with E-state index in [-0.39, 0.29) is 5.76 Å². The molecule has 0 spiro atoms. The topological polar surface area (TPSA) is 71.7 Å². The molecular weight excluding hydrogens is 270 g/mol. The summed E-state index contributed by atoms with van der Waals surface area (Å²) in [5, 5.41) is 13.3. The van der Waals surface area contributed by atoms with Crippen LogP contribution in [-0.2, 0) is 11.3 Å². The minimum absolute atomic E-state index is 0.0196. The Bertz CT molecular complexity index is 649. The molecule has 2 aromatic rings. The van der Waals surface area contributed by atoms with Gasteiger partial charge in [0.15, 0.2) is 0 Å². The molecule has 21 heavy (non-hydrogen) atoms. The molecule has 0 radical (unpaired) electrons. The Morgan fingerprint density at radius 3 is 3.00 bits per heavy atom. The maximum absolute atomic E-state index is 10.9. The average Bonchev–Trinajstić information content (AvgIpc) is 3.11. The Hall–Kier alpha value is -1.85. The van der Waals surface area contributed by atoms with Gasteiger partial charge >= 0.3 is 5.97 Å².